The Labute approximate surface area is 176 Å². The van der Waals surface area contributed by atoms with E-state index in [1.807, 2.05) is 0 Å². The van der Waals surface area contributed by atoms with Crippen LogP contribution in [0, 0.1) is 0 Å². The number of anilines is 1. The number of ether oxygens (including phenoxy) is 1. The van der Waals surface area contributed by atoms with Gasteiger partial charge in [-0.3, -0.25) is 4.79 Å². The first-order valence-electron chi connectivity index (χ1n) is 8.59. The second-order valence-corrected chi connectivity index (χ2v) is 9.20. The van der Waals surface area contributed by atoms with Gasteiger partial charge in [0.15, 0.2) is 0 Å². The molecule has 0 saturated carbocycles. The third-order valence-electron chi connectivity index (χ3n) is 4.39. The van der Waals surface area contributed by atoms with Gasteiger partial charge in [0, 0.05) is 16.0 Å². The molecule has 0 unspecified atom stereocenters. The number of sulfonamides is 1. The largest absolute Gasteiger partial charge is 0.462 e. The maximum absolute atomic E-state index is 13.2. The quantitative estimate of drug-likeness (QED) is 0.546. The number of hydrogen-bond acceptors (Lipinski definition) is 6. The van der Waals surface area contributed by atoms with Gasteiger partial charge in [0.05, 0.1) is 17.9 Å². The average Bonchev–Trinajstić information content (AvgIpc) is 3.22. The van der Waals surface area contributed by atoms with Gasteiger partial charge >= 0.3 is 5.97 Å². The van der Waals surface area contributed by atoms with Crippen molar-refractivity contribution in [2.24, 2.45) is 0 Å². The topological polar surface area (TPSA) is 80.8 Å². The lowest BCUT2D eigenvalue weighted by molar-refractivity contribution is 0.0526. The molecule has 1 aromatic heterocycles. The first-order chi connectivity index (χ1) is 13.8. The predicted octanol–water partition coefficient (Wildman–Crippen LogP) is 4.59. The van der Waals surface area contributed by atoms with Gasteiger partial charge in [0.2, 0.25) is 0 Å². The minimum absolute atomic E-state index is 0.00992. The summed E-state index contributed by atoms with van der Waals surface area (Å²) in [5.41, 5.74) is 1.55. The Hall–Kier alpha value is -2.68. The minimum Gasteiger partial charge on any atom is -0.462 e. The Morgan fingerprint density at radius 3 is 2.38 bits per heavy atom. The van der Waals surface area contributed by atoms with Crippen molar-refractivity contribution in [3.05, 3.63) is 69.4 Å². The highest BCUT2D eigenvalue weighted by Crippen LogP contribution is 2.44. The summed E-state index contributed by atoms with van der Waals surface area (Å²) in [5.74, 6) is -1.13. The molecule has 0 N–H and O–H groups in total. The number of benzene rings is 2. The third-order valence-corrected chi connectivity index (χ3v) is 7.54. The lowest BCUT2D eigenvalue weighted by Gasteiger charge is -2.16. The number of fused-ring (bicyclic) bond motifs is 1. The molecule has 0 radical (unpaired) electrons. The van der Waals surface area contributed by atoms with E-state index >= 15 is 0 Å². The van der Waals surface area contributed by atoms with Gasteiger partial charge in [-0.05, 0) is 48.9 Å². The van der Waals surface area contributed by atoms with E-state index in [9.17, 15) is 18.0 Å². The van der Waals surface area contributed by atoms with Crippen molar-refractivity contribution < 1.29 is 22.7 Å². The number of esters is 1. The fraction of sp³-hybridized carbons (Fsp3) is 0.100. The molecule has 1 aliphatic heterocycles. The summed E-state index contributed by atoms with van der Waals surface area (Å²) in [6.07, 6.45) is 0. The van der Waals surface area contributed by atoms with Crippen molar-refractivity contribution in [2.45, 2.75) is 11.8 Å². The highest BCUT2D eigenvalue weighted by molar-refractivity contribution is 7.94. The summed E-state index contributed by atoms with van der Waals surface area (Å²) in [5, 5.41) is 2.19. The zero-order valence-electron chi connectivity index (χ0n) is 15.1. The Morgan fingerprint density at radius 1 is 1.10 bits per heavy atom. The Kier molecular flexibility index (Phi) is 4.94. The molecule has 4 rings (SSSR count). The molecule has 1 aliphatic rings. The molecule has 9 heteroatoms. The van der Waals surface area contributed by atoms with Crippen LogP contribution in [0.15, 0.2) is 58.8 Å². The third kappa shape index (κ3) is 3.23. The molecule has 0 aliphatic carbocycles. The van der Waals surface area contributed by atoms with Crippen LogP contribution in [0.1, 0.15) is 27.0 Å². The molecule has 0 spiro atoms. The normalized spacial score (nSPS) is 14.7. The van der Waals surface area contributed by atoms with E-state index in [-0.39, 0.29) is 27.6 Å². The van der Waals surface area contributed by atoms with Crippen molar-refractivity contribution in [2.75, 3.05) is 10.9 Å². The van der Waals surface area contributed by atoms with Crippen LogP contribution >= 0.6 is 22.9 Å². The molecular weight excluding hydrogens is 434 g/mol. The first kappa shape index (κ1) is 19.6. The second-order valence-electron chi connectivity index (χ2n) is 6.16. The minimum atomic E-state index is -4.09. The molecule has 3 aromatic rings. The first-order valence-corrected chi connectivity index (χ1v) is 11.3. The van der Waals surface area contributed by atoms with E-state index in [4.69, 9.17) is 16.3 Å². The molecule has 2 heterocycles. The van der Waals surface area contributed by atoms with Crippen LogP contribution in [0.2, 0.25) is 5.02 Å². The number of carbonyl (C=O) groups excluding carboxylic acids is 2. The number of rotatable bonds is 4. The summed E-state index contributed by atoms with van der Waals surface area (Å²) in [6, 6.07) is 12.4. The lowest BCUT2D eigenvalue weighted by atomic mass is 10.1. The number of thiophene rings is 1. The van der Waals surface area contributed by atoms with Gasteiger partial charge in [-0.2, -0.15) is 4.31 Å². The summed E-state index contributed by atoms with van der Waals surface area (Å²) in [6.45, 7) is 1.92. The van der Waals surface area contributed by atoms with Gasteiger partial charge in [-0.15, -0.1) is 11.3 Å². The number of carbonyl (C=O) groups is 2. The Morgan fingerprint density at radius 2 is 1.76 bits per heavy atom. The van der Waals surface area contributed by atoms with Crippen LogP contribution in [0.25, 0.3) is 11.1 Å². The zero-order valence-corrected chi connectivity index (χ0v) is 17.5. The zero-order chi connectivity index (χ0) is 20.8. The number of nitrogens with zero attached hydrogens (tertiary/aromatic N) is 1. The fourth-order valence-electron chi connectivity index (χ4n) is 3.08. The Bertz CT molecular complexity index is 1210. The standard InChI is InChI=1S/C20H14ClNO5S2/c1-2-27-20(24)13-5-9-15(10-6-13)22-19(23)17-18(29(22,25)26)16(11-28-17)12-3-7-14(21)8-4-12/h3-11H,2H2,1H3. The molecule has 1 amide bonds. The monoisotopic (exact) mass is 447 g/mol. The van der Waals surface area contributed by atoms with Gasteiger partial charge in [-0.25, -0.2) is 13.2 Å². The van der Waals surface area contributed by atoms with Crippen LogP contribution in [0.3, 0.4) is 0 Å². The van der Waals surface area contributed by atoms with Crippen molar-refractivity contribution in [1.29, 1.82) is 0 Å². The van der Waals surface area contributed by atoms with E-state index in [0.29, 0.717) is 16.1 Å². The fourth-order valence-corrected chi connectivity index (χ4v) is 6.36. The van der Waals surface area contributed by atoms with Gasteiger partial charge < -0.3 is 4.74 Å². The van der Waals surface area contributed by atoms with Gasteiger partial charge in [0.25, 0.3) is 15.9 Å². The number of amides is 1. The lowest BCUT2D eigenvalue weighted by Crippen LogP contribution is -2.29. The highest BCUT2D eigenvalue weighted by atomic mass is 35.5. The molecule has 6 nitrogen and oxygen atoms in total. The van der Waals surface area contributed by atoms with Crippen molar-refractivity contribution in [3.63, 3.8) is 0 Å². The Balaban J connectivity index is 1.75. The SMILES string of the molecule is CCOC(=O)c1ccc(N2C(=O)c3scc(-c4ccc(Cl)cc4)c3S2(=O)=O)cc1. The molecular formula is C20H14ClNO5S2. The highest BCUT2D eigenvalue weighted by Gasteiger charge is 2.45. The molecule has 0 saturated heterocycles. The molecule has 0 bridgehead atoms. The molecule has 2 aromatic carbocycles. The van der Waals surface area contributed by atoms with Crippen LogP contribution < -0.4 is 4.31 Å². The van der Waals surface area contributed by atoms with E-state index in [0.717, 1.165) is 15.6 Å². The summed E-state index contributed by atoms with van der Waals surface area (Å²) in [4.78, 5) is 24.8. The van der Waals surface area contributed by atoms with E-state index in [1.165, 1.54) is 24.3 Å². The smallest absolute Gasteiger partial charge is 0.338 e. The average molecular weight is 448 g/mol. The van der Waals surface area contributed by atoms with E-state index in [2.05, 4.69) is 0 Å². The van der Waals surface area contributed by atoms with Crippen molar-refractivity contribution in [1.82, 2.24) is 0 Å². The maximum atomic E-state index is 13.2. The van der Waals surface area contributed by atoms with Crippen molar-refractivity contribution in [3.8, 4) is 11.1 Å². The van der Waals surface area contributed by atoms with Gasteiger partial charge in [-0.1, -0.05) is 23.7 Å². The van der Waals surface area contributed by atoms with E-state index < -0.39 is 21.9 Å². The summed E-state index contributed by atoms with van der Waals surface area (Å²) >= 11 is 7.00. The maximum Gasteiger partial charge on any atom is 0.338 e. The van der Waals surface area contributed by atoms with Crippen molar-refractivity contribution >= 4 is 50.5 Å². The predicted molar refractivity (Wildman–Crippen MR) is 111 cm³/mol. The van der Waals surface area contributed by atoms with Gasteiger partial charge in [0.1, 0.15) is 9.77 Å². The number of halogens is 1. The van der Waals surface area contributed by atoms with Crippen LogP contribution in [-0.2, 0) is 14.8 Å². The summed E-state index contributed by atoms with van der Waals surface area (Å²) < 4.78 is 32.2. The number of hydrogen-bond donors (Lipinski definition) is 0. The second kappa shape index (κ2) is 7.29. The van der Waals surface area contributed by atoms with Crippen LogP contribution in [0.4, 0.5) is 5.69 Å². The van der Waals surface area contributed by atoms with E-state index in [1.54, 1.807) is 36.6 Å². The molecule has 29 heavy (non-hydrogen) atoms. The molecule has 0 atom stereocenters. The van der Waals surface area contributed by atoms with Crippen LogP contribution in [0.5, 0.6) is 0 Å². The van der Waals surface area contributed by atoms with Crippen LogP contribution in [-0.4, -0.2) is 26.9 Å². The molecule has 148 valence electrons. The summed E-state index contributed by atoms with van der Waals surface area (Å²) in [7, 11) is -4.09. The molecule has 0 fully saturated rings.